The number of halogens is 1. The second-order valence-electron chi connectivity index (χ2n) is 5.46. The lowest BCUT2D eigenvalue weighted by atomic mass is 9.95. The summed E-state index contributed by atoms with van der Waals surface area (Å²) in [5.74, 6) is 1.73. The predicted octanol–water partition coefficient (Wildman–Crippen LogP) is -0.713. The van der Waals surface area contributed by atoms with Gasteiger partial charge in [0.05, 0.1) is 11.5 Å². The number of anilines is 1. The van der Waals surface area contributed by atoms with Gasteiger partial charge in [0.25, 0.3) is 5.56 Å². The summed E-state index contributed by atoms with van der Waals surface area (Å²) in [6, 6.07) is 1.41. The Labute approximate surface area is 129 Å². The molecule has 2 aromatic heterocycles. The quantitative estimate of drug-likeness (QED) is 0.541. The van der Waals surface area contributed by atoms with Crippen molar-refractivity contribution in [1.29, 1.82) is 0 Å². The first kappa shape index (κ1) is 15.5. The van der Waals surface area contributed by atoms with Crippen molar-refractivity contribution in [3.05, 3.63) is 22.6 Å². The number of nitrogens with two attached hydrogens (primary N) is 1. The second kappa shape index (κ2) is 5.06. The van der Waals surface area contributed by atoms with Crippen LogP contribution >= 0.6 is 0 Å². The Morgan fingerprint density at radius 2 is 2.39 bits per heavy atom. The molecular weight excluding hydrogens is 307 g/mol. The van der Waals surface area contributed by atoms with E-state index in [0.717, 1.165) is 0 Å². The van der Waals surface area contributed by atoms with Gasteiger partial charge in [0, 0.05) is 6.20 Å². The van der Waals surface area contributed by atoms with Crippen molar-refractivity contribution in [2.45, 2.75) is 37.1 Å². The molecule has 122 valence electrons. The summed E-state index contributed by atoms with van der Waals surface area (Å²) < 4.78 is 21.7. The lowest BCUT2D eigenvalue weighted by molar-refractivity contribution is -0.0775. The number of ether oxygens (including phenoxy) is 1. The Bertz CT molecular complexity index is 855. The summed E-state index contributed by atoms with van der Waals surface area (Å²) in [5.41, 5.74) is 2.47. The topological polar surface area (TPSA) is 126 Å². The van der Waals surface area contributed by atoms with Crippen LogP contribution < -0.4 is 11.3 Å². The smallest absolute Gasteiger partial charge is 0.261 e. The Morgan fingerprint density at radius 1 is 1.70 bits per heavy atom. The SMILES string of the molecule is C#CC1(F)[C@@H](O)[C@@H]([C@@H](C)O)O[C@H]1n1ccc2c(=O)[nH]c(N)nc21. The number of aromatic amines is 1. The van der Waals surface area contributed by atoms with Crippen LogP contribution in [0.4, 0.5) is 10.3 Å². The minimum Gasteiger partial charge on any atom is -0.391 e. The van der Waals surface area contributed by atoms with Gasteiger partial charge in [-0.3, -0.25) is 9.78 Å². The highest BCUT2D eigenvalue weighted by atomic mass is 19.1. The van der Waals surface area contributed by atoms with E-state index in [-0.39, 0.29) is 17.0 Å². The number of nitrogen functional groups attached to an aromatic ring is 1. The van der Waals surface area contributed by atoms with Gasteiger partial charge in [-0.15, -0.1) is 6.42 Å². The third-order valence-corrected chi connectivity index (χ3v) is 3.94. The number of rotatable bonds is 2. The maximum absolute atomic E-state index is 15.1. The third kappa shape index (κ3) is 2.11. The molecule has 0 spiro atoms. The van der Waals surface area contributed by atoms with Gasteiger partial charge in [0.15, 0.2) is 11.9 Å². The maximum atomic E-state index is 15.1. The summed E-state index contributed by atoms with van der Waals surface area (Å²) in [6.45, 7) is 1.35. The lowest BCUT2D eigenvalue weighted by Gasteiger charge is -2.24. The molecular formula is C14H15FN4O4. The zero-order valence-corrected chi connectivity index (χ0v) is 12.1. The van der Waals surface area contributed by atoms with E-state index in [1.165, 1.54) is 23.8 Å². The molecule has 2 aromatic rings. The summed E-state index contributed by atoms with van der Waals surface area (Å²) >= 11 is 0. The van der Waals surface area contributed by atoms with Crippen molar-refractivity contribution in [1.82, 2.24) is 14.5 Å². The summed E-state index contributed by atoms with van der Waals surface area (Å²) in [4.78, 5) is 18.1. The summed E-state index contributed by atoms with van der Waals surface area (Å²) in [6.07, 6.45) is 1.03. The highest BCUT2D eigenvalue weighted by Gasteiger charge is 2.58. The zero-order chi connectivity index (χ0) is 16.9. The molecule has 5 N–H and O–H groups in total. The monoisotopic (exact) mass is 322 g/mol. The van der Waals surface area contributed by atoms with Crippen LogP contribution in [0.2, 0.25) is 0 Å². The predicted molar refractivity (Wildman–Crippen MR) is 79.0 cm³/mol. The number of nitrogens with zero attached hydrogens (tertiary/aromatic N) is 2. The molecule has 0 aromatic carbocycles. The fraction of sp³-hybridized carbons (Fsp3) is 0.429. The van der Waals surface area contributed by atoms with Crippen LogP contribution in [0, 0.1) is 12.3 Å². The Morgan fingerprint density at radius 3 is 3.00 bits per heavy atom. The van der Waals surface area contributed by atoms with Gasteiger partial charge >= 0.3 is 0 Å². The molecule has 0 aliphatic carbocycles. The van der Waals surface area contributed by atoms with Crippen LogP contribution in [0.25, 0.3) is 11.0 Å². The largest absolute Gasteiger partial charge is 0.391 e. The van der Waals surface area contributed by atoms with Gasteiger partial charge in [0.2, 0.25) is 11.6 Å². The van der Waals surface area contributed by atoms with E-state index in [0.29, 0.717) is 0 Å². The molecule has 5 atom stereocenters. The van der Waals surface area contributed by atoms with Crippen molar-refractivity contribution in [3.63, 3.8) is 0 Å². The van der Waals surface area contributed by atoms with Crippen molar-refractivity contribution in [3.8, 4) is 12.3 Å². The molecule has 0 amide bonds. The fourth-order valence-electron chi connectivity index (χ4n) is 2.76. The van der Waals surface area contributed by atoms with Crippen molar-refractivity contribution >= 4 is 17.0 Å². The van der Waals surface area contributed by atoms with E-state index in [1.54, 1.807) is 0 Å². The van der Waals surface area contributed by atoms with E-state index in [1.807, 2.05) is 5.92 Å². The molecule has 23 heavy (non-hydrogen) atoms. The number of fused-ring (bicyclic) bond motifs is 1. The average molecular weight is 322 g/mol. The van der Waals surface area contributed by atoms with Gasteiger partial charge in [-0.25, -0.2) is 4.39 Å². The van der Waals surface area contributed by atoms with Gasteiger partial charge in [-0.1, -0.05) is 5.92 Å². The minimum atomic E-state index is -2.60. The number of H-pyrrole nitrogens is 1. The van der Waals surface area contributed by atoms with E-state index < -0.39 is 35.8 Å². The molecule has 8 nitrogen and oxygen atoms in total. The molecule has 0 bridgehead atoms. The third-order valence-electron chi connectivity index (χ3n) is 3.94. The minimum absolute atomic E-state index is 0.0620. The number of aliphatic hydroxyl groups excluding tert-OH is 2. The average Bonchev–Trinajstić information content (AvgIpc) is 3.00. The molecule has 1 saturated heterocycles. The molecule has 3 rings (SSSR count). The van der Waals surface area contributed by atoms with Crippen molar-refractivity contribution in [2.75, 3.05) is 5.73 Å². The van der Waals surface area contributed by atoms with Crippen LogP contribution in [0.3, 0.4) is 0 Å². The number of aromatic nitrogens is 3. The van der Waals surface area contributed by atoms with Gasteiger partial charge in [-0.2, -0.15) is 4.98 Å². The number of hydrogen-bond acceptors (Lipinski definition) is 6. The summed E-state index contributed by atoms with van der Waals surface area (Å²) in [7, 11) is 0. The zero-order valence-electron chi connectivity index (χ0n) is 12.1. The fourth-order valence-corrected chi connectivity index (χ4v) is 2.76. The number of alkyl halides is 1. The number of hydrogen-bond donors (Lipinski definition) is 4. The number of aliphatic hydroxyl groups is 2. The van der Waals surface area contributed by atoms with Crippen LogP contribution in [0.15, 0.2) is 17.1 Å². The van der Waals surface area contributed by atoms with Gasteiger partial charge in [-0.05, 0) is 13.0 Å². The van der Waals surface area contributed by atoms with E-state index >= 15 is 4.39 Å². The molecule has 0 radical (unpaired) electrons. The molecule has 3 heterocycles. The summed E-state index contributed by atoms with van der Waals surface area (Å²) in [5, 5.41) is 19.9. The van der Waals surface area contributed by atoms with E-state index in [4.69, 9.17) is 16.9 Å². The first-order valence-corrected chi connectivity index (χ1v) is 6.84. The second-order valence-corrected chi connectivity index (χ2v) is 5.46. The van der Waals surface area contributed by atoms with Crippen LogP contribution in [0.1, 0.15) is 13.2 Å². The van der Waals surface area contributed by atoms with Gasteiger partial charge in [0.1, 0.15) is 12.2 Å². The molecule has 1 aliphatic rings. The lowest BCUT2D eigenvalue weighted by Crippen LogP contribution is -2.43. The normalized spacial score (nSPS) is 32.0. The Kier molecular flexibility index (Phi) is 3.40. The highest BCUT2D eigenvalue weighted by Crippen LogP contribution is 2.43. The standard InChI is InChI=1S/C14H15FN4O4/c1-3-14(15)9(21)8(6(2)20)23-12(14)19-5-4-7-10(19)17-13(16)18-11(7)22/h1,4-6,8-9,12,20-21H,2H3,(H3,16,17,18,22)/t6-,8-,9+,12-,14?/m1/s1. The van der Waals surface area contributed by atoms with Crippen molar-refractivity contribution in [2.24, 2.45) is 0 Å². The Hall–Kier alpha value is -2.41. The molecule has 1 unspecified atom stereocenters. The highest BCUT2D eigenvalue weighted by molar-refractivity contribution is 5.76. The van der Waals surface area contributed by atoms with E-state index in [9.17, 15) is 15.0 Å². The van der Waals surface area contributed by atoms with E-state index in [2.05, 4.69) is 9.97 Å². The molecule has 9 heteroatoms. The van der Waals surface area contributed by atoms with Gasteiger partial charge < -0.3 is 25.3 Å². The first-order valence-electron chi connectivity index (χ1n) is 6.84. The first-order chi connectivity index (χ1) is 10.8. The number of nitrogens with one attached hydrogen (secondary N) is 1. The van der Waals surface area contributed by atoms with Crippen molar-refractivity contribution < 1.29 is 19.3 Å². The maximum Gasteiger partial charge on any atom is 0.261 e. The Balaban J connectivity index is 2.18. The molecule has 0 saturated carbocycles. The van der Waals surface area contributed by atoms with Crippen LogP contribution in [-0.2, 0) is 4.74 Å². The number of terminal acetylenes is 1. The van der Waals surface area contributed by atoms with Crippen LogP contribution in [-0.4, -0.2) is 48.7 Å². The molecule has 1 aliphatic heterocycles. The van der Waals surface area contributed by atoms with Crippen LogP contribution in [0.5, 0.6) is 0 Å². The molecule has 1 fully saturated rings.